The number of ether oxygens (including phenoxy) is 4. The molecule has 41 heavy (non-hydrogen) atoms. The van der Waals surface area contributed by atoms with Gasteiger partial charge in [-0.15, -0.1) is 0 Å². The Bertz CT molecular complexity index is 787. The van der Waals surface area contributed by atoms with Crippen molar-refractivity contribution in [3.63, 3.8) is 0 Å². The third-order valence-corrected chi connectivity index (χ3v) is 7.18. The zero-order chi connectivity index (χ0) is 30.6. The molecule has 0 aromatic rings. The molecule has 0 radical (unpaired) electrons. The first-order chi connectivity index (χ1) is 19.3. The van der Waals surface area contributed by atoms with E-state index in [1.807, 2.05) is 0 Å². The molecule has 11 N–H and O–H groups in total. The van der Waals surface area contributed by atoms with E-state index in [9.17, 15) is 46.0 Å². The predicted molar refractivity (Wildman–Crippen MR) is 138 cm³/mol. The predicted octanol–water partition coefficient (Wildman–Crippen LogP) is -5.76. The molecule has 3 saturated heterocycles. The first-order valence-electron chi connectivity index (χ1n) is 13.4. The van der Waals surface area contributed by atoms with E-state index in [4.69, 9.17) is 28.7 Å². The van der Waals surface area contributed by atoms with E-state index in [1.165, 1.54) is 0 Å². The van der Waals surface area contributed by atoms with Gasteiger partial charge in [-0.25, -0.2) is 9.78 Å². The highest BCUT2D eigenvalue weighted by Crippen LogP contribution is 2.31. The summed E-state index contributed by atoms with van der Waals surface area (Å²) in [6.07, 6.45) is -22.3. The van der Waals surface area contributed by atoms with E-state index in [0.29, 0.717) is 0 Å². The third kappa shape index (κ3) is 8.24. The molecule has 0 aromatic carbocycles. The highest BCUT2D eigenvalue weighted by atomic mass is 32.1. The van der Waals surface area contributed by atoms with E-state index >= 15 is 0 Å². The number of nitrogens with one attached hydrogen (secondary N) is 2. The van der Waals surface area contributed by atoms with Gasteiger partial charge < -0.3 is 64.9 Å². The minimum absolute atomic E-state index is 0.147. The van der Waals surface area contributed by atoms with Crippen LogP contribution in [-0.2, 0) is 28.7 Å². The van der Waals surface area contributed by atoms with E-state index < -0.39 is 117 Å². The lowest BCUT2D eigenvalue weighted by molar-refractivity contribution is -0.450. The first kappa shape index (κ1) is 35.2. The quantitative estimate of drug-likeness (QED) is 0.0420. The van der Waals surface area contributed by atoms with Gasteiger partial charge in [-0.05, 0) is 20.8 Å². The maximum atomic E-state index is 10.8. The van der Waals surface area contributed by atoms with Crippen molar-refractivity contribution in [2.24, 2.45) is 0 Å². The fraction of sp³-hybridized carbons (Fsp3) is 1.00. The van der Waals surface area contributed by atoms with Crippen LogP contribution in [0.3, 0.4) is 0 Å². The van der Waals surface area contributed by atoms with Crippen LogP contribution in [0.1, 0.15) is 20.8 Å². The van der Waals surface area contributed by atoms with Gasteiger partial charge in [-0.1, -0.05) is 0 Å². The Labute approximate surface area is 242 Å². The van der Waals surface area contributed by atoms with Crippen LogP contribution in [0.15, 0.2) is 0 Å². The summed E-state index contributed by atoms with van der Waals surface area (Å²) in [4.78, 5) is 10.7. The molecule has 3 heterocycles. The Morgan fingerprint density at radius 1 is 0.610 bits per heavy atom. The Morgan fingerprint density at radius 2 is 1.10 bits per heavy atom. The van der Waals surface area contributed by atoms with Crippen molar-refractivity contribution in [3.05, 3.63) is 0 Å². The van der Waals surface area contributed by atoms with Gasteiger partial charge >= 0.3 is 0 Å². The molecule has 3 aliphatic rings. The van der Waals surface area contributed by atoms with Gasteiger partial charge in [0.1, 0.15) is 73.5 Å². The minimum atomic E-state index is -1.83. The summed E-state index contributed by atoms with van der Waals surface area (Å²) in [5.74, 6) is 0. The number of aliphatic hydroxyl groups is 9. The molecule has 3 fully saturated rings. The summed E-state index contributed by atoms with van der Waals surface area (Å²) in [6.45, 7) is 3.17. The van der Waals surface area contributed by atoms with E-state index in [0.717, 1.165) is 0 Å². The smallest absolute Gasteiger partial charge is 0.190 e. The summed E-state index contributed by atoms with van der Waals surface area (Å²) in [7, 11) is 0. The zero-order valence-electron chi connectivity index (χ0n) is 22.9. The highest BCUT2D eigenvalue weighted by molar-refractivity contribution is 7.80. The van der Waals surface area contributed by atoms with Crippen LogP contribution in [0.5, 0.6) is 0 Å². The number of rotatable bonds is 12. The normalized spacial score (nSPS) is 46.5. The molecule has 16 atom stereocenters. The number of hydrogen-bond donors (Lipinski definition) is 12. The van der Waals surface area contributed by atoms with Crippen molar-refractivity contribution in [2.45, 2.75) is 124 Å². The maximum Gasteiger partial charge on any atom is 0.190 e. The SMILES string of the molecule is CC(C)NC1OC(CO)C(OC2OC(CO)C(O)C(O)C2OOC2C(NC(C)S)OC(CO)C(O)C2O)C(O)C1O. The minimum Gasteiger partial charge on any atom is -0.394 e. The lowest BCUT2D eigenvalue weighted by Crippen LogP contribution is -2.67. The molecule has 17 nitrogen and oxygen atoms in total. The average Bonchev–Trinajstić information content (AvgIpc) is 2.92. The van der Waals surface area contributed by atoms with Crippen LogP contribution in [0.25, 0.3) is 0 Å². The molecule has 3 rings (SSSR count). The fourth-order valence-corrected chi connectivity index (χ4v) is 4.99. The summed E-state index contributed by atoms with van der Waals surface area (Å²) < 4.78 is 22.6. The largest absolute Gasteiger partial charge is 0.394 e. The Hall–Kier alpha value is -0.330. The molecule has 0 amide bonds. The molecular formula is C23H44N2O15S. The van der Waals surface area contributed by atoms with Crippen LogP contribution in [-0.4, -0.2) is 169 Å². The lowest BCUT2D eigenvalue weighted by atomic mass is 9.96. The standard InChI is InChI=1S/C23H44N2O15S/c1-7(2)24-21-17(34)16(33)18(11(6-28)36-21)38-23-20(15(32)13(30)10(5-27)37-23)40-39-19-14(31)12(29)9(4-26)35-22(19)25-8(3)41/h7-34,41H,4-6H2,1-3H3. The summed E-state index contributed by atoms with van der Waals surface area (Å²) in [6, 6.07) is -0.147. The maximum absolute atomic E-state index is 10.8. The summed E-state index contributed by atoms with van der Waals surface area (Å²) in [5.41, 5.74) is 0. The van der Waals surface area contributed by atoms with Gasteiger partial charge in [0.05, 0.1) is 19.8 Å². The van der Waals surface area contributed by atoms with Crippen LogP contribution >= 0.6 is 12.6 Å². The van der Waals surface area contributed by atoms with Crippen molar-refractivity contribution >= 4 is 12.6 Å². The molecule has 0 bridgehead atoms. The van der Waals surface area contributed by atoms with Crippen LogP contribution in [0, 0.1) is 0 Å². The van der Waals surface area contributed by atoms with E-state index in [2.05, 4.69) is 23.3 Å². The monoisotopic (exact) mass is 620 g/mol. The van der Waals surface area contributed by atoms with Gasteiger partial charge in [-0.3, -0.25) is 10.6 Å². The molecule has 0 aliphatic carbocycles. The van der Waals surface area contributed by atoms with Crippen molar-refractivity contribution in [2.75, 3.05) is 19.8 Å². The first-order valence-corrected chi connectivity index (χ1v) is 13.9. The molecule has 16 unspecified atom stereocenters. The second-order valence-electron chi connectivity index (χ2n) is 10.6. The van der Waals surface area contributed by atoms with Gasteiger partial charge in [0.2, 0.25) is 0 Å². The third-order valence-electron chi connectivity index (χ3n) is 7.03. The second kappa shape index (κ2) is 15.6. The Kier molecular flexibility index (Phi) is 13.4. The van der Waals surface area contributed by atoms with Crippen LogP contribution in [0.4, 0.5) is 0 Å². The van der Waals surface area contributed by atoms with Gasteiger partial charge in [-0.2, -0.15) is 12.6 Å². The summed E-state index contributed by atoms with van der Waals surface area (Å²) in [5, 5.41) is 98.0. The topological polar surface area (TPSA) is 262 Å². The molecule has 0 spiro atoms. The number of hydrogen-bond acceptors (Lipinski definition) is 18. The van der Waals surface area contributed by atoms with Crippen molar-refractivity contribution in [1.82, 2.24) is 10.6 Å². The molecule has 3 aliphatic heterocycles. The molecule has 0 aromatic heterocycles. The number of thiol groups is 1. The van der Waals surface area contributed by atoms with Crippen LogP contribution < -0.4 is 10.6 Å². The Balaban J connectivity index is 1.81. The second-order valence-corrected chi connectivity index (χ2v) is 11.4. The Morgan fingerprint density at radius 3 is 1.63 bits per heavy atom. The van der Waals surface area contributed by atoms with E-state index in [1.54, 1.807) is 20.8 Å². The molecule has 0 saturated carbocycles. The van der Waals surface area contributed by atoms with Crippen molar-refractivity contribution in [1.29, 1.82) is 0 Å². The highest BCUT2D eigenvalue weighted by Gasteiger charge is 2.53. The van der Waals surface area contributed by atoms with E-state index in [-0.39, 0.29) is 6.04 Å². The molecule has 18 heteroatoms. The fourth-order valence-electron chi connectivity index (χ4n) is 4.84. The van der Waals surface area contributed by atoms with Gasteiger partial charge in [0.15, 0.2) is 18.5 Å². The van der Waals surface area contributed by atoms with Gasteiger partial charge in [0, 0.05) is 11.4 Å². The lowest BCUT2D eigenvalue weighted by Gasteiger charge is -2.47. The zero-order valence-corrected chi connectivity index (χ0v) is 23.8. The molecule has 242 valence electrons. The molecular weight excluding hydrogens is 576 g/mol. The average molecular weight is 621 g/mol. The summed E-state index contributed by atoms with van der Waals surface area (Å²) >= 11 is 4.21. The number of aliphatic hydroxyl groups excluding tert-OH is 9. The van der Waals surface area contributed by atoms with Crippen molar-refractivity contribution in [3.8, 4) is 0 Å². The van der Waals surface area contributed by atoms with Crippen molar-refractivity contribution < 1.29 is 74.7 Å². The van der Waals surface area contributed by atoms with Gasteiger partial charge in [0.25, 0.3) is 0 Å². The van der Waals surface area contributed by atoms with Crippen LogP contribution in [0.2, 0.25) is 0 Å².